The molecule has 0 spiro atoms. The molecule has 0 radical (unpaired) electrons. The number of carbonyl (C=O) groups is 1. The van der Waals surface area contributed by atoms with Crippen LogP contribution in [0.5, 0.6) is 5.75 Å². The fourth-order valence-corrected chi connectivity index (χ4v) is 5.12. The Labute approximate surface area is 217 Å². The number of amides is 1. The summed E-state index contributed by atoms with van der Waals surface area (Å²) < 4.78 is 21.2. The van der Waals surface area contributed by atoms with Gasteiger partial charge in [-0.15, -0.1) is 0 Å². The van der Waals surface area contributed by atoms with Crippen molar-refractivity contribution in [3.63, 3.8) is 0 Å². The van der Waals surface area contributed by atoms with Crippen molar-refractivity contribution in [1.82, 2.24) is 0 Å². The van der Waals surface area contributed by atoms with Gasteiger partial charge in [-0.1, -0.05) is 35.9 Å². The second-order valence-electron chi connectivity index (χ2n) is 6.73. The maximum atomic E-state index is 13.9. The standard InChI is InChI=1S/C24H16ClFI2N2O2/c1-14-18(25)6-4-8-22(14)30-24(31)17(12-29)9-15-10-20(27)23(21(28)11-15)32-13-16-5-2-3-7-19(16)26/h2-11H,13H2,1H3,(H,30,31)/b17-9-. The van der Waals surface area contributed by atoms with E-state index in [1.807, 2.05) is 6.07 Å². The Kier molecular flexibility index (Phi) is 8.51. The first-order valence-corrected chi connectivity index (χ1v) is 11.9. The Morgan fingerprint density at radius 3 is 2.53 bits per heavy atom. The van der Waals surface area contributed by atoms with Gasteiger partial charge in [0.1, 0.15) is 29.8 Å². The van der Waals surface area contributed by atoms with Crippen molar-refractivity contribution in [2.24, 2.45) is 0 Å². The first-order chi connectivity index (χ1) is 15.3. The number of hydrogen-bond donors (Lipinski definition) is 1. The van der Waals surface area contributed by atoms with Gasteiger partial charge in [0.15, 0.2) is 0 Å². The van der Waals surface area contributed by atoms with E-state index in [0.29, 0.717) is 27.6 Å². The molecule has 0 heterocycles. The number of nitriles is 1. The van der Waals surface area contributed by atoms with Gasteiger partial charge in [0.2, 0.25) is 0 Å². The molecule has 0 aliphatic heterocycles. The van der Waals surface area contributed by atoms with Crippen molar-refractivity contribution in [2.75, 3.05) is 5.32 Å². The van der Waals surface area contributed by atoms with Crippen LogP contribution in [0, 0.1) is 31.2 Å². The number of nitrogens with zero attached hydrogens (tertiary/aromatic N) is 1. The SMILES string of the molecule is Cc1c(Cl)cccc1NC(=O)/C(C#N)=C\c1cc(I)c(OCc2ccccc2F)c(I)c1. The third kappa shape index (κ3) is 5.99. The smallest absolute Gasteiger partial charge is 0.266 e. The van der Waals surface area contributed by atoms with Crippen molar-refractivity contribution in [2.45, 2.75) is 13.5 Å². The Balaban J connectivity index is 1.80. The normalized spacial score (nSPS) is 11.1. The number of ether oxygens (including phenoxy) is 1. The number of halogens is 4. The van der Waals surface area contributed by atoms with Gasteiger partial charge in [-0.05, 0) is 99.6 Å². The lowest BCUT2D eigenvalue weighted by Gasteiger charge is -2.12. The van der Waals surface area contributed by atoms with Gasteiger partial charge >= 0.3 is 0 Å². The molecular formula is C24H16ClFI2N2O2. The van der Waals surface area contributed by atoms with Crippen LogP contribution in [0.15, 0.2) is 60.2 Å². The van der Waals surface area contributed by atoms with Crippen LogP contribution in [0.2, 0.25) is 5.02 Å². The highest BCUT2D eigenvalue weighted by molar-refractivity contribution is 14.1. The summed E-state index contributed by atoms with van der Waals surface area (Å²) in [7, 11) is 0. The minimum atomic E-state index is -0.525. The maximum Gasteiger partial charge on any atom is 0.266 e. The second kappa shape index (κ2) is 11.1. The second-order valence-corrected chi connectivity index (χ2v) is 9.46. The summed E-state index contributed by atoms with van der Waals surface area (Å²) >= 11 is 10.3. The highest BCUT2D eigenvalue weighted by Crippen LogP contribution is 2.31. The largest absolute Gasteiger partial charge is 0.487 e. The lowest BCUT2D eigenvalue weighted by Crippen LogP contribution is -2.14. The molecule has 0 aromatic heterocycles. The van der Waals surface area contributed by atoms with Crippen LogP contribution in [0.25, 0.3) is 6.08 Å². The monoisotopic (exact) mass is 672 g/mol. The van der Waals surface area contributed by atoms with E-state index in [0.717, 1.165) is 12.7 Å². The third-order valence-corrected chi connectivity index (χ3v) is 6.55. The van der Waals surface area contributed by atoms with Crippen LogP contribution in [-0.4, -0.2) is 5.91 Å². The Morgan fingerprint density at radius 2 is 1.88 bits per heavy atom. The highest BCUT2D eigenvalue weighted by atomic mass is 127. The summed E-state index contributed by atoms with van der Waals surface area (Å²) in [6.45, 7) is 1.89. The van der Waals surface area contributed by atoms with E-state index in [1.54, 1.807) is 55.5 Å². The molecule has 3 aromatic carbocycles. The van der Waals surface area contributed by atoms with Crippen molar-refractivity contribution < 1.29 is 13.9 Å². The minimum Gasteiger partial charge on any atom is -0.487 e. The molecule has 0 fully saturated rings. The number of nitrogens with one attached hydrogen (secondary N) is 1. The van der Waals surface area contributed by atoms with Crippen molar-refractivity contribution in [3.8, 4) is 11.8 Å². The van der Waals surface area contributed by atoms with Crippen LogP contribution in [-0.2, 0) is 11.4 Å². The molecule has 3 aromatic rings. The summed E-state index contributed by atoms with van der Waals surface area (Å²) in [5.41, 5.74) is 2.36. The van der Waals surface area contributed by atoms with E-state index in [-0.39, 0.29) is 18.0 Å². The van der Waals surface area contributed by atoms with E-state index < -0.39 is 5.91 Å². The number of rotatable bonds is 6. The highest BCUT2D eigenvalue weighted by Gasteiger charge is 2.14. The maximum absolute atomic E-state index is 13.9. The quantitative estimate of drug-likeness (QED) is 0.172. The van der Waals surface area contributed by atoms with Gasteiger partial charge in [-0.25, -0.2) is 4.39 Å². The fraction of sp³-hybridized carbons (Fsp3) is 0.0833. The Morgan fingerprint density at radius 1 is 1.19 bits per heavy atom. The Hall–Kier alpha value is -2.16. The molecule has 32 heavy (non-hydrogen) atoms. The zero-order chi connectivity index (χ0) is 23.3. The van der Waals surface area contributed by atoms with Gasteiger partial charge in [0, 0.05) is 16.3 Å². The molecule has 0 unspecified atom stereocenters. The topological polar surface area (TPSA) is 62.1 Å². The molecule has 3 rings (SSSR count). The van der Waals surface area contributed by atoms with Crippen LogP contribution >= 0.6 is 56.8 Å². The minimum absolute atomic E-state index is 0.0454. The lowest BCUT2D eigenvalue weighted by molar-refractivity contribution is -0.112. The fourth-order valence-electron chi connectivity index (χ4n) is 2.81. The van der Waals surface area contributed by atoms with Gasteiger partial charge in [-0.3, -0.25) is 4.79 Å². The van der Waals surface area contributed by atoms with Crippen LogP contribution < -0.4 is 10.1 Å². The number of anilines is 1. The lowest BCUT2D eigenvalue weighted by atomic mass is 10.1. The summed E-state index contributed by atoms with van der Waals surface area (Å²) in [6.07, 6.45) is 1.51. The zero-order valence-corrected chi connectivity index (χ0v) is 21.8. The summed E-state index contributed by atoms with van der Waals surface area (Å²) in [5.74, 6) is -0.233. The van der Waals surface area contributed by atoms with E-state index in [4.69, 9.17) is 16.3 Å². The van der Waals surface area contributed by atoms with Crippen molar-refractivity contribution >= 4 is 74.5 Å². The molecular weight excluding hydrogens is 657 g/mol. The van der Waals surface area contributed by atoms with E-state index >= 15 is 0 Å². The average molecular weight is 673 g/mol. The van der Waals surface area contributed by atoms with E-state index in [9.17, 15) is 14.4 Å². The average Bonchev–Trinajstić information content (AvgIpc) is 2.75. The molecule has 1 amide bonds. The predicted molar refractivity (Wildman–Crippen MR) is 141 cm³/mol. The number of benzene rings is 3. The first kappa shape index (κ1) is 24.5. The van der Waals surface area contributed by atoms with Gasteiger partial charge < -0.3 is 10.1 Å². The number of hydrogen-bond acceptors (Lipinski definition) is 3. The number of carbonyl (C=O) groups excluding carboxylic acids is 1. The summed E-state index contributed by atoms with van der Waals surface area (Å²) in [5, 5.41) is 12.8. The molecule has 0 saturated carbocycles. The first-order valence-electron chi connectivity index (χ1n) is 9.33. The molecule has 0 bridgehead atoms. The van der Waals surface area contributed by atoms with Crippen molar-refractivity contribution in [3.05, 3.63) is 94.8 Å². The predicted octanol–water partition coefficient (Wildman–Crippen LogP) is 7.12. The molecule has 8 heteroatoms. The van der Waals surface area contributed by atoms with Crippen LogP contribution in [0.4, 0.5) is 10.1 Å². The summed E-state index contributed by atoms with van der Waals surface area (Å²) in [4.78, 5) is 12.6. The molecule has 0 saturated heterocycles. The molecule has 0 atom stereocenters. The Bertz CT molecular complexity index is 1230. The summed E-state index contributed by atoms with van der Waals surface area (Å²) in [6, 6.07) is 17.2. The third-order valence-electron chi connectivity index (χ3n) is 4.54. The zero-order valence-electron chi connectivity index (χ0n) is 16.8. The van der Waals surface area contributed by atoms with Crippen molar-refractivity contribution in [1.29, 1.82) is 5.26 Å². The molecule has 1 N–H and O–H groups in total. The molecule has 0 aliphatic rings. The van der Waals surface area contributed by atoms with Gasteiger partial charge in [0.25, 0.3) is 5.91 Å². The molecule has 0 aliphatic carbocycles. The van der Waals surface area contributed by atoms with Crippen LogP contribution in [0.1, 0.15) is 16.7 Å². The van der Waals surface area contributed by atoms with E-state index in [1.165, 1.54) is 12.1 Å². The van der Waals surface area contributed by atoms with Gasteiger partial charge in [0.05, 0.1) is 7.14 Å². The molecule has 4 nitrogen and oxygen atoms in total. The van der Waals surface area contributed by atoms with Gasteiger partial charge in [-0.2, -0.15) is 5.26 Å². The molecule has 162 valence electrons. The van der Waals surface area contributed by atoms with E-state index in [2.05, 4.69) is 50.5 Å². The van der Waals surface area contributed by atoms with Crippen LogP contribution in [0.3, 0.4) is 0 Å².